The van der Waals surface area contributed by atoms with Crippen molar-refractivity contribution in [2.75, 3.05) is 37.0 Å². The van der Waals surface area contributed by atoms with Crippen molar-refractivity contribution in [1.29, 1.82) is 0 Å². The van der Waals surface area contributed by atoms with Crippen molar-refractivity contribution in [3.63, 3.8) is 0 Å². The third kappa shape index (κ3) is 8.21. The van der Waals surface area contributed by atoms with Gasteiger partial charge in [0.15, 0.2) is 41.3 Å². The largest absolute Gasteiger partial charge is 0.472 e. The van der Waals surface area contributed by atoms with Crippen LogP contribution in [-0.4, -0.2) is 159 Å². The van der Waals surface area contributed by atoms with Crippen molar-refractivity contribution < 1.29 is 76.8 Å². The molecule has 5 aromatic heterocycles. The van der Waals surface area contributed by atoms with Crippen LogP contribution in [0.15, 0.2) is 40.8 Å². The normalized spacial score (nSPS) is 32.1. The Bertz CT molecular complexity index is 2680. The summed E-state index contributed by atoms with van der Waals surface area (Å²) in [6, 6.07) is 1.16. The van der Waals surface area contributed by atoms with E-state index in [1.807, 2.05) is 0 Å². The third-order valence-corrected chi connectivity index (χ3v) is 11.9. The second kappa shape index (κ2) is 16.7. The maximum atomic E-state index is 13.4. The van der Waals surface area contributed by atoms with Gasteiger partial charge in [-0.15, -0.1) is 0 Å². The monoisotopic (exact) mass is 917 g/mol. The number of nitrogens with zero attached hydrogens (tertiary/aromatic N) is 9. The van der Waals surface area contributed by atoms with Gasteiger partial charge in [0.25, 0.3) is 5.56 Å². The lowest BCUT2D eigenvalue weighted by Crippen LogP contribution is -2.38. The van der Waals surface area contributed by atoms with Crippen LogP contribution < -0.4 is 28.5 Å². The van der Waals surface area contributed by atoms with E-state index in [9.17, 15) is 54.0 Å². The van der Waals surface area contributed by atoms with Crippen LogP contribution in [0.1, 0.15) is 18.7 Å². The smallest absolute Gasteiger partial charge is 0.394 e. The van der Waals surface area contributed by atoms with E-state index in [-0.39, 0.29) is 39.9 Å². The van der Waals surface area contributed by atoms with Gasteiger partial charge in [-0.05, 0) is 6.07 Å². The molecule has 336 valence electrons. The minimum atomic E-state index is -5.37. The Morgan fingerprint density at radius 2 is 1.27 bits per heavy atom. The summed E-state index contributed by atoms with van der Waals surface area (Å²) in [6.07, 6.45) is -15.9. The molecule has 0 bridgehead atoms. The van der Waals surface area contributed by atoms with Crippen LogP contribution in [0.5, 0.6) is 0 Å². The summed E-state index contributed by atoms with van der Waals surface area (Å²) in [5.41, 5.74) is 15.2. The van der Waals surface area contributed by atoms with Gasteiger partial charge in [0.2, 0.25) is 5.95 Å². The van der Waals surface area contributed by atoms with E-state index in [2.05, 4.69) is 34.9 Å². The first-order valence-electron chi connectivity index (χ1n) is 18.0. The molecule has 0 radical (unpaired) electrons. The van der Waals surface area contributed by atoms with Crippen molar-refractivity contribution in [2.24, 2.45) is 0 Å². The predicted molar refractivity (Wildman–Crippen MR) is 199 cm³/mol. The highest BCUT2D eigenvalue weighted by Crippen LogP contribution is 2.52. The predicted octanol–water partition coefficient (Wildman–Crippen LogP) is -4.90. The molecule has 3 aliphatic heterocycles. The zero-order valence-corrected chi connectivity index (χ0v) is 33.0. The second-order valence-corrected chi connectivity index (χ2v) is 16.7. The number of H-pyrrole nitrogens is 1. The summed E-state index contributed by atoms with van der Waals surface area (Å²) in [5.74, 6) is -0.496. The first-order valence-corrected chi connectivity index (χ1v) is 21.0. The maximum absolute atomic E-state index is 13.4. The molecular formula is C29H37N13O18P2. The SMILES string of the molecule is Nc1ccn([C@@H]2O[C@H](COP(=O)(O)O[C@H]3[C@@H](O)[C@H](n4cnc5c(=O)[nH]c(N)nc54)O[C@@H]3CO)[C@@H](OP(=O)(O)OC[C@H]3O[C@@H](n4cnc5c(N)ncnc54)[C@H](O)[C@@H]3O)[C@H]2O)c(=O)n1. The lowest BCUT2D eigenvalue weighted by Gasteiger charge is -2.25. The summed E-state index contributed by atoms with van der Waals surface area (Å²) in [7, 11) is -10.7. The number of imidazole rings is 2. The Morgan fingerprint density at radius 1 is 0.710 bits per heavy atom. The van der Waals surface area contributed by atoms with Gasteiger partial charge < -0.3 is 66.7 Å². The number of aromatic nitrogens is 10. The van der Waals surface area contributed by atoms with Crippen molar-refractivity contribution in [1.82, 2.24) is 48.6 Å². The molecular weight excluding hydrogens is 880 g/mol. The molecule has 5 aromatic rings. The van der Waals surface area contributed by atoms with Gasteiger partial charge in [0.1, 0.15) is 72.6 Å². The highest BCUT2D eigenvalue weighted by molar-refractivity contribution is 7.47. The lowest BCUT2D eigenvalue weighted by molar-refractivity contribution is -0.0632. The highest BCUT2D eigenvalue weighted by Gasteiger charge is 2.53. The van der Waals surface area contributed by atoms with Crippen molar-refractivity contribution >= 4 is 55.6 Å². The number of nitrogen functional groups attached to an aromatic ring is 3. The molecule has 0 amide bonds. The van der Waals surface area contributed by atoms with Crippen LogP contribution in [0.2, 0.25) is 0 Å². The molecule has 0 aromatic carbocycles. The van der Waals surface area contributed by atoms with Gasteiger partial charge in [0.05, 0.1) is 32.5 Å². The van der Waals surface area contributed by atoms with E-state index in [1.54, 1.807) is 0 Å². The molecule has 2 unspecified atom stereocenters. The van der Waals surface area contributed by atoms with Crippen LogP contribution in [-0.2, 0) is 41.4 Å². The number of anilines is 3. The van der Waals surface area contributed by atoms with Crippen LogP contribution in [0.25, 0.3) is 22.3 Å². The van der Waals surface area contributed by atoms with E-state index in [4.69, 9.17) is 49.5 Å². The minimum Gasteiger partial charge on any atom is -0.394 e. The van der Waals surface area contributed by atoms with E-state index < -0.39 is 120 Å². The molecule has 0 aliphatic carbocycles. The van der Waals surface area contributed by atoms with Crippen LogP contribution >= 0.6 is 15.6 Å². The molecule has 14 N–H and O–H groups in total. The fraction of sp³-hybridized carbons (Fsp3) is 0.517. The number of phosphoric ester groups is 2. The Balaban J connectivity index is 0.966. The van der Waals surface area contributed by atoms with Crippen molar-refractivity contribution in [3.8, 4) is 0 Å². The molecule has 3 fully saturated rings. The summed E-state index contributed by atoms with van der Waals surface area (Å²) >= 11 is 0. The minimum absolute atomic E-state index is 0.0206. The van der Waals surface area contributed by atoms with E-state index >= 15 is 0 Å². The molecule has 31 nitrogen and oxygen atoms in total. The average molecular weight is 918 g/mol. The first kappa shape index (κ1) is 43.7. The third-order valence-electron chi connectivity index (χ3n) is 9.96. The number of ether oxygens (including phenoxy) is 3. The number of aliphatic hydroxyl groups is 5. The summed E-state index contributed by atoms with van der Waals surface area (Å²) < 4.78 is 67.6. The van der Waals surface area contributed by atoms with Gasteiger partial charge in [0, 0.05) is 6.20 Å². The molecule has 8 rings (SSSR count). The van der Waals surface area contributed by atoms with E-state index in [1.165, 1.54) is 10.9 Å². The summed E-state index contributed by atoms with van der Waals surface area (Å²) in [6.45, 7) is -2.88. The Morgan fingerprint density at radius 3 is 1.94 bits per heavy atom. The molecule has 33 heteroatoms. The summed E-state index contributed by atoms with van der Waals surface area (Å²) in [4.78, 5) is 72.3. The van der Waals surface area contributed by atoms with Crippen LogP contribution in [0, 0.1) is 0 Å². The quantitative estimate of drug-likeness (QED) is 0.0465. The number of nitrogens with one attached hydrogen (secondary N) is 1. The molecule has 3 saturated heterocycles. The maximum Gasteiger partial charge on any atom is 0.472 e. The van der Waals surface area contributed by atoms with E-state index in [0.717, 1.165) is 34.1 Å². The Hall–Kier alpha value is -4.92. The number of rotatable bonds is 14. The molecule has 62 heavy (non-hydrogen) atoms. The van der Waals surface area contributed by atoms with Gasteiger partial charge in [-0.2, -0.15) is 9.97 Å². The second-order valence-electron chi connectivity index (χ2n) is 13.9. The van der Waals surface area contributed by atoms with Gasteiger partial charge >= 0.3 is 21.3 Å². The molecule has 8 heterocycles. The fourth-order valence-corrected chi connectivity index (χ4v) is 8.97. The van der Waals surface area contributed by atoms with Crippen LogP contribution in [0.4, 0.5) is 17.6 Å². The number of fused-ring (bicyclic) bond motifs is 2. The number of phosphoric acid groups is 2. The number of hydrogen-bond acceptors (Lipinski definition) is 25. The molecule has 0 saturated carbocycles. The first-order chi connectivity index (χ1) is 29.4. The highest BCUT2D eigenvalue weighted by atomic mass is 31.2. The van der Waals surface area contributed by atoms with Crippen LogP contribution in [0.3, 0.4) is 0 Å². The number of hydrogen-bond donors (Lipinski definition) is 11. The topological polar surface area (TPSA) is 460 Å². The Labute approximate surface area is 343 Å². The summed E-state index contributed by atoms with van der Waals surface area (Å²) in [5, 5.41) is 54.0. The number of aliphatic hydroxyl groups excluding tert-OH is 5. The average Bonchev–Trinajstić information content (AvgIpc) is 4.02. The van der Waals surface area contributed by atoms with E-state index in [0.29, 0.717) is 0 Å². The number of aromatic amines is 1. The molecule has 3 aliphatic rings. The van der Waals surface area contributed by atoms with Gasteiger partial charge in [-0.1, -0.05) is 0 Å². The van der Waals surface area contributed by atoms with Gasteiger partial charge in [-0.25, -0.2) is 33.9 Å². The van der Waals surface area contributed by atoms with Gasteiger partial charge in [-0.3, -0.25) is 41.6 Å². The molecule has 14 atom stereocenters. The zero-order chi connectivity index (χ0) is 44.4. The number of nitrogens with two attached hydrogens (primary N) is 3. The van der Waals surface area contributed by atoms with Crippen molar-refractivity contribution in [2.45, 2.75) is 73.6 Å². The molecule has 0 spiro atoms. The standard InChI is InChI=1S/C29H37N13O18P2/c30-12-1-2-40(29(49)37-12)26-18(47)20(60-61(50,51)54-4-10-15(44)16(45)25(57-10)41-7-35-13-21(31)33-6-34-22(13)41)11(58-26)5-55-62(52,53)59-19-9(3-43)56-27(17(19)46)42-8-36-14-23(42)38-28(32)39-24(14)48/h1-2,6-11,15-20,25-27,43-47H,3-5H2,(H,50,51)(H,52,53)(H2,30,37,49)(H2,31,33,34)(H3,32,38,39,48)/t9-,10-,11-,15-,16-,17-,18-,19-,20-,25-,26-,27-/m1/s1. The zero-order valence-electron chi connectivity index (χ0n) is 31.2. The van der Waals surface area contributed by atoms with Crippen molar-refractivity contribution in [3.05, 3.63) is 52.1 Å². The fourth-order valence-electron chi connectivity index (χ4n) is 7.05. The lowest BCUT2D eigenvalue weighted by atomic mass is 10.1. The Kier molecular flexibility index (Phi) is 11.7.